The van der Waals surface area contributed by atoms with Crippen molar-refractivity contribution in [3.63, 3.8) is 0 Å². The SMILES string of the molecule is C[C@@H](N)C(=O)Nc1cccc2cnccc12. The van der Waals surface area contributed by atoms with Gasteiger partial charge in [0.1, 0.15) is 0 Å². The van der Waals surface area contributed by atoms with Crippen LogP contribution < -0.4 is 11.1 Å². The molecule has 0 saturated heterocycles. The number of aromatic nitrogens is 1. The van der Waals surface area contributed by atoms with Crippen molar-refractivity contribution < 1.29 is 4.79 Å². The largest absolute Gasteiger partial charge is 0.324 e. The number of nitrogens with zero attached hydrogens (tertiary/aromatic N) is 1. The van der Waals surface area contributed by atoms with Gasteiger partial charge in [0.15, 0.2) is 0 Å². The Morgan fingerprint density at radius 3 is 3.00 bits per heavy atom. The maximum absolute atomic E-state index is 11.5. The van der Waals surface area contributed by atoms with E-state index < -0.39 is 6.04 Å². The van der Waals surface area contributed by atoms with Crippen LogP contribution in [-0.4, -0.2) is 16.9 Å². The number of carbonyl (C=O) groups excluding carboxylic acids is 1. The Bertz CT molecular complexity index is 517. The minimum absolute atomic E-state index is 0.190. The Labute approximate surface area is 93.5 Å². The van der Waals surface area contributed by atoms with Crippen LogP contribution in [0.1, 0.15) is 6.92 Å². The summed E-state index contributed by atoms with van der Waals surface area (Å²) in [5.41, 5.74) is 6.27. The van der Waals surface area contributed by atoms with Crippen molar-refractivity contribution in [2.75, 3.05) is 5.32 Å². The summed E-state index contributed by atoms with van der Waals surface area (Å²) in [6.07, 6.45) is 3.46. The number of carbonyl (C=O) groups is 1. The first-order chi connectivity index (χ1) is 7.68. The molecule has 0 aliphatic carbocycles. The highest BCUT2D eigenvalue weighted by atomic mass is 16.2. The molecule has 0 bridgehead atoms. The Morgan fingerprint density at radius 2 is 2.25 bits per heavy atom. The second-order valence-corrected chi connectivity index (χ2v) is 3.68. The fourth-order valence-corrected chi connectivity index (χ4v) is 1.48. The summed E-state index contributed by atoms with van der Waals surface area (Å²) in [6.45, 7) is 1.65. The van der Waals surface area contributed by atoms with Crippen LogP contribution in [0.5, 0.6) is 0 Å². The van der Waals surface area contributed by atoms with Crippen LogP contribution in [0.3, 0.4) is 0 Å². The molecule has 4 heteroatoms. The van der Waals surface area contributed by atoms with Crippen molar-refractivity contribution in [1.29, 1.82) is 0 Å². The molecule has 1 amide bonds. The monoisotopic (exact) mass is 215 g/mol. The van der Waals surface area contributed by atoms with Crippen LogP contribution in [0.15, 0.2) is 36.7 Å². The van der Waals surface area contributed by atoms with Gasteiger partial charge in [-0.15, -0.1) is 0 Å². The molecule has 1 aromatic carbocycles. The van der Waals surface area contributed by atoms with Crippen LogP contribution >= 0.6 is 0 Å². The van der Waals surface area contributed by atoms with Gasteiger partial charge in [-0.3, -0.25) is 9.78 Å². The Hall–Kier alpha value is -1.94. The zero-order valence-corrected chi connectivity index (χ0v) is 8.97. The predicted molar refractivity (Wildman–Crippen MR) is 64.0 cm³/mol. The minimum Gasteiger partial charge on any atom is -0.324 e. The van der Waals surface area contributed by atoms with Crippen molar-refractivity contribution in [2.45, 2.75) is 13.0 Å². The summed E-state index contributed by atoms with van der Waals surface area (Å²) in [5.74, 6) is -0.190. The van der Waals surface area contributed by atoms with E-state index in [1.807, 2.05) is 24.3 Å². The van der Waals surface area contributed by atoms with Gasteiger partial charge in [-0.25, -0.2) is 0 Å². The second-order valence-electron chi connectivity index (χ2n) is 3.68. The van der Waals surface area contributed by atoms with Crippen molar-refractivity contribution >= 4 is 22.4 Å². The molecule has 16 heavy (non-hydrogen) atoms. The zero-order valence-electron chi connectivity index (χ0n) is 8.97. The lowest BCUT2D eigenvalue weighted by Crippen LogP contribution is -2.32. The molecule has 2 rings (SSSR count). The molecule has 0 saturated carbocycles. The van der Waals surface area contributed by atoms with Gasteiger partial charge in [0, 0.05) is 28.9 Å². The van der Waals surface area contributed by atoms with Crippen LogP contribution in [-0.2, 0) is 4.79 Å². The van der Waals surface area contributed by atoms with Gasteiger partial charge in [0.2, 0.25) is 5.91 Å². The molecule has 1 aromatic heterocycles. The fraction of sp³-hybridized carbons (Fsp3) is 0.167. The number of nitrogens with one attached hydrogen (secondary N) is 1. The van der Waals surface area contributed by atoms with E-state index in [0.717, 1.165) is 16.5 Å². The quantitative estimate of drug-likeness (QED) is 0.798. The van der Waals surface area contributed by atoms with Gasteiger partial charge in [-0.05, 0) is 19.1 Å². The fourth-order valence-electron chi connectivity index (χ4n) is 1.48. The van der Waals surface area contributed by atoms with E-state index >= 15 is 0 Å². The topological polar surface area (TPSA) is 68.0 Å². The van der Waals surface area contributed by atoms with Crippen LogP contribution in [0.2, 0.25) is 0 Å². The standard InChI is InChI=1S/C12H13N3O/c1-8(13)12(16)15-11-4-2-3-9-7-14-6-5-10(9)11/h2-8H,13H2,1H3,(H,15,16)/t8-/m1/s1. The van der Waals surface area contributed by atoms with E-state index in [1.54, 1.807) is 19.3 Å². The van der Waals surface area contributed by atoms with Crippen LogP contribution in [0, 0.1) is 0 Å². The molecule has 0 spiro atoms. The number of anilines is 1. The Morgan fingerprint density at radius 1 is 1.44 bits per heavy atom. The number of hydrogen-bond donors (Lipinski definition) is 2. The summed E-state index contributed by atoms with van der Waals surface area (Å²) >= 11 is 0. The first kappa shape index (κ1) is 10.6. The molecule has 4 nitrogen and oxygen atoms in total. The minimum atomic E-state index is -0.517. The van der Waals surface area contributed by atoms with Crippen LogP contribution in [0.25, 0.3) is 10.8 Å². The number of rotatable bonds is 2. The highest BCUT2D eigenvalue weighted by Gasteiger charge is 2.09. The maximum atomic E-state index is 11.5. The number of nitrogens with two attached hydrogens (primary N) is 1. The molecule has 0 aliphatic heterocycles. The summed E-state index contributed by atoms with van der Waals surface area (Å²) in [5, 5.41) is 4.75. The molecule has 0 aliphatic rings. The molecule has 1 atom stereocenters. The third-order valence-electron chi connectivity index (χ3n) is 2.35. The molecule has 2 aromatic rings. The smallest absolute Gasteiger partial charge is 0.241 e. The van der Waals surface area contributed by atoms with Crippen molar-refractivity contribution in [2.24, 2.45) is 5.73 Å². The first-order valence-electron chi connectivity index (χ1n) is 5.07. The summed E-state index contributed by atoms with van der Waals surface area (Å²) in [6, 6.07) is 7.02. The van der Waals surface area contributed by atoms with E-state index in [4.69, 9.17) is 5.73 Å². The van der Waals surface area contributed by atoms with E-state index in [9.17, 15) is 4.79 Å². The predicted octanol–water partition coefficient (Wildman–Crippen LogP) is 1.52. The lowest BCUT2D eigenvalue weighted by Gasteiger charge is -2.10. The Balaban J connectivity index is 2.41. The third-order valence-corrected chi connectivity index (χ3v) is 2.35. The molecular weight excluding hydrogens is 202 g/mol. The molecule has 0 radical (unpaired) electrons. The summed E-state index contributed by atoms with van der Waals surface area (Å²) in [7, 11) is 0. The highest BCUT2D eigenvalue weighted by Crippen LogP contribution is 2.21. The van der Waals surface area contributed by atoms with Gasteiger partial charge in [0.25, 0.3) is 0 Å². The van der Waals surface area contributed by atoms with Crippen molar-refractivity contribution in [3.8, 4) is 0 Å². The number of pyridine rings is 1. The lowest BCUT2D eigenvalue weighted by atomic mass is 10.1. The van der Waals surface area contributed by atoms with E-state index in [-0.39, 0.29) is 5.91 Å². The number of amides is 1. The number of hydrogen-bond acceptors (Lipinski definition) is 3. The number of fused-ring (bicyclic) bond motifs is 1. The summed E-state index contributed by atoms with van der Waals surface area (Å²) < 4.78 is 0. The van der Waals surface area contributed by atoms with Crippen molar-refractivity contribution in [3.05, 3.63) is 36.7 Å². The van der Waals surface area contributed by atoms with Gasteiger partial charge < -0.3 is 11.1 Å². The first-order valence-corrected chi connectivity index (χ1v) is 5.07. The third kappa shape index (κ3) is 2.01. The molecule has 1 heterocycles. The Kier molecular flexibility index (Phi) is 2.83. The van der Waals surface area contributed by atoms with Gasteiger partial charge in [-0.2, -0.15) is 0 Å². The molecular formula is C12H13N3O. The molecule has 0 fully saturated rings. The average molecular weight is 215 g/mol. The highest BCUT2D eigenvalue weighted by molar-refractivity contribution is 6.03. The van der Waals surface area contributed by atoms with Crippen molar-refractivity contribution in [1.82, 2.24) is 4.98 Å². The van der Waals surface area contributed by atoms with Crippen LogP contribution in [0.4, 0.5) is 5.69 Å². The lowest BCUT2D eigenvalue weighted by molar-refractivity contribution is -0.117. The van der Waals surface area contributed by atoms with E-state index in [0.29, 0.717) is 0 Å². The molecule has 3 N–H and O–H groups in total. The van der Waals surface area contributed by atoms with Gasteiger partial charge in [-0.1, -0.05) is 12.1 Å². The zero-order chi connectivity index (χ0) is 11.5. The molecule has 0 unspecified atom stereocenters. The summed E-state index contributed by atoms with van der Waals surface area (Å²) in [4.78, 5) is 15.5. The van der Waals surface area contributed by atoms with E-state index in [1.165, 1.54) is 0 Å². The normalized spacial score (nSPS) is 12.4. The maximum Gasteiger partial charge on any atom is 0.241 e. The van der Waals surface area contributed by atoms with Gasteiger partial charge >= 0.3 is 0 Å². The van der Waals surface area contributed by atoms with E-state index in [2.05, 4.69) is 10.3 Å². The number of benzene rings is 1. The molecule has 82 valence electrons. The average Bonchev–Trinajstić information content (AvgIpc) is 2.29. The second kappa shape index (κ2) is 4.28. The van der Waals surface area contributed by atoms with Gasteiger partial charge in [0.05, 0.1) is 6.04 Å².